The normalized spacial score (nSPS) is 16.8. The van der Waals surface area contributed by atoms with E-state index in [1.165, 1.54) is 17.4 Å². The summed E-state index contributed by atoms with van der Waals surface area (Å²) in [5, 5.41) is 7.99. The smallest absolute Gasteiger partial charge is 0.257 e. The maximum Gasteiger partial charge on any atom is 0.257 e. The number of allylic oxidation sites excluding steroid dienone is 3. The van der Waals surface area contributed by atoms with Gasteiger partial charge in [-0.3, -0.25) is 4.79 Å². The number of anilines is 1. The average Bonchev–Trinajstić information content (AvgIpc) is 2.89. The fourth-order valence-corrected chi connectivity index (χ4v) is 5.22. The van der Waals surface area contributed by atoms with Crippen LogP contribution in [0.15, 0.2) is 42.5 Å². The first kappa shape index (κ1) is 24.7. The van der Waals surface area contributed by atoms with E-state index in [4.69, 9.17) is 15.9 Å². The fourth-order valence-electron chi connectivity index (χ4n) is 5.22. The van der Waals surface area contributed by atoms with Crippen molar-refractivity contribution < 1.29 is 11.0 Å². The van der Waals surface area contributed by atoms with Crippen LogP contribution in [-0.4, -0.2) is 62.3 Å². The quantitative estimate of drug-likeness (QED) is 0.442. The molecule has 1 saturated heterocycles. The molecular formula is C29H38N4O2. The third-order valence-electron chi connectivity index (χ3n) is 7.34. The number of piperazine rings is 1. The van der Waals surface area contributed by atoms with Crippen LogP contribution in [0, 0.1) is 12.3 Å². The number of aryl methyl sites for hydroxylation is 1. The predicted molar refractivity (Wildman–Crippen MR) is 146 cm³/mol. The number of benzene rings is 2. The number of likely N-dealkylation sites (N-methyl/N-ethyl adjacent to an activating group) is 1. The molecule has 186 valence electrons. The third-order valence-corrected chi connectivity index (χ3v) is 7.34. The summed E-state index contributed by atoms with van der Waals surface area (Å²) in [6.45, 7) is 9.75. The Hall–Kier alpha value is -3.38. The standard InChI is InChI=1S/C29H36N4O2.H2/c1-19-9-12-26(31)25(18-30)28(19)23-8-6-5-7-22(23)20(2)21-10-11-24(27(17-21)35-4)29(34)33-15-13-32(3)14-16-33;/h9-12,17-18,30H,2,5-8,13-16,31H2,1,3-4H3;1H. The van der Waals surface area contributed by atoms with E-state index in [0.29, 0.717) is 17.0 Å². The van der Waals surface area contributed by atoms with Crippen molar-refractivity contribution in [2.24, 2.45) is 0 Å². The zero-order valence-corrected chi connectivity index (χ0v) is 21.1. The molecular weight excluding hydrogens is 436 g/mol. The monoisotopic (exact) mass is 474 g/mol. The zero-order chi connectivity index (χ0) is 25.1. The van der Waals surface area contributed by atoms with Gasteiger partial charge in [0.05, 0.1) is 12.7 Å². The van der Waals surface area contributed by atoms with E-state index in [2.05, 4.69) is 25.5 Å². The molecule has 0 unspecified atom stereocenters. The van der Waals surface area contributed by atoms with Gasteiger partial charge in [0.2, 0.25) is 0 Å². The van der Waals surface area contributed by atoms with Crippen LogP contribution in [0.4, 0.5) is 5.69 Å². The molecule has 0 bridgehead atoms. The van der Waals surface area contributed by atoms with E-state index < -0.39 is 0 Å². The summed E-state index contributed by atoms with van der Waals surface area (Å²) in [5.74, 6) is 0.585. The summed E-state index contributed by atoms with van der Waals surface area (Å²) < 4.78 is 5.68. The second-order valence-corrected chi connectivity index (χ2v) is 9.56. The molecule has 2 aromatic carbocycles. The molecule has 2 aliphatic rings. The van der Waals surface area contributed by atoms with Gasteiger partial charge in [-0.25, -0.2) is 0 Å². The van der Waals surface area contributed by atoms with Gasteiger partial charge in [0, 0.05) is 45.1 Å². The van der Waals surface area contributed by atoms with E-state index in [0.717, 1.165) is 79.7 Å². The molecule has 3 N–H and O–H groups in total. The Morgan fingerprint density at radius 1 is 1.14 bits per heavy atom. The lowest BCUT2D eigenvalue weighted by molar-refractivity contribution is 0.0661. The van der Waals surface area contributed by atoms with Crippen molar-refractivity contribution in [1.29, 1.82) is 5.41 Å². The molecule has 0 aromatic heterocycles. The van der Waals surface area contributed by atoms with Crippen molar-refractivity contribution in [3.8, 4) is 5.75 Å². The van der Waals surface area contributed by atoms with Crippen molar-refractivity contribution >= 4 is 29.0 Å². The molecule has 2 aromatic rings. The van der Waals surface area contributed by atoms with Gasteiger partial charge in [0.25, 0.3) is 5.91 Å². The second kappa shape index (κ2) is 10.5. The number of rotatable bonds is 6. The van der Waals surface area contributed by atoms with Crippen molar-refractivity contribution in [3.05, 3.63) is 70.3 Å². The lowest BCUT2D eigenvalue weighted by Crippen LogP contribution is -2.47. The molecule has 1 aliphatic carbocycles. The van der Waals surface area contributed by atoms with Crippen molar-refractivity contribution in [1.82, 2.24) is 9.80 Å². The first-order valence-electron chi connectivity index (χ1n) is 12.3. The topological polar surface area (TPSA) is 82.6 Å². The van der Waals surface area contributed by atoms with E-state index in [9.17, 15) is 4.79 Å². The van der Waals surface area contributed by atoms with Crippen LogP contribution in [0.2, 0.25) is 0 Å². The maximum absolute atomic E-state index is 13.2. The number of methoxy groups -OCH3 is 1. The van der Waals surface area contributed by atoms with Crippen molar-refractivity contribution in [2.45, 2.75) is 32.6 Å². The van der Waals surface area contributed by atoms with Gasteiger partial charge in [0.1, 0.15) is 5.75 Å². The number of ether oxygens (including phenoxy) is 1. The van der Waals surface area contributed by atoms with Crippen LogP contribution >= 0.6 is 0 Å². The SMILES string of the molecule is C=C(C1=C(c2c(C)ccc(N)c2C=N)CCCC1)c1ccc(C(=O)N2CCN(C)CC2)c(OC)c1.[HH]. The molecule has 0 radical (unpaired) electrons. The van der Waals surface area contributed by atoms with Crippen LogP contribution in [0.25, 0.3) is 11.1 Å². The Balaban J connectivity index is 0.00000361. The highest BCUT2D eigenvalue weighted by Gasteiger charge is 2.25. The Morgan fingerprint density at radius 2 is 1.86 bits per heavy atom. The Kier molecular flexibility index (Phi) is 7.41. The van der Waals surface area contributed by atoms with Gasteiger partial charge < -0.3 is 25.7 Å². The first-order valence-corrected chi connectivity index (χ1v) is 12.3. The summed E-state index contributed by atoms with van der Waals surface area (Å²) in [5.41, 5.74) is 14.7. The van der Waals surface area contributed by atoms with Gasteiger partial charge in [-0.15, -0.1) is 0 Å². The molecule has 6 heteroatoms. The van der Waals surface area contributed by atoms with Gasteiger partial charge >= 0.3 is 0 Å². The summed E-state index contributed by atoms with van der Waals surface area (Å²) in [6.07, 6.45) is 5.40. The first-order chi connectivity index (χ1) is 16.8. The number of amides is 1. The highest BCUT2D eigenvalue weighted by atomic mass is 16.5. The summed E-state index contributed by atoms with van der Waals surface area (Å²) in [6, 6.07) is 9.70. The van der Waals surface area contributed by atoms with E-state index >= 15 is 0 Å². The molecule has 1 fully saturated rings. The number of nitrogens with zero attached hydrogens (tertiary/aromatic N) is 2. The lowest BCUT2D eigenvalue weighted by Gasteiger charge is -2.32. The molecule has 4 rings (SSSR count). The molecule has 0 spiro atoms. The summed E-state index contributed by atoms with van der Waals surface area (Å²) >= 11 is 0. The molecule has 1 heterocycles. The Morgan fingerprint density at radius 3 is 2.54 bits per heavy atom. The zero-order valence-electron chi connectivity index (χ0n) is 21.1. The van der Waals surface area contributed by atoms with Crippen LogP contribution in [0.3, 0.4) is 0 Å². The molecule has 1 amide bonds. The number of nitrogens with two attached hydrogens (primary N) is 1. The summed E-state index contributed by atoms with van der Waals surface area (Å²) in [4.78, 5) is 17.3. The number of carbonyl (C=O) groups excluding carboxylic acids is 1. The average molecular weight is 475 g/mol. The molecule has 35 heavy (non-hydrogen) atoms. The minimum absolute atomic E-state index is 0. The van der Waals surface area contributed by atoms with Crippen molar-refractivity contribution in [2.75, 3.05) is 46.1 Å². The van der Waals surface area contributed by atoms with Crippen molar-refractivity contribution in [3.63, 3.8) is 0 Å². The van der Waals surface area contributed by atoms with Gasteiger partial charge in [-0.1, -0.05) is 18.7 Å². The molecule has 6 nitrogen and oxygen atoms in total. The minimum Gasteiger partial charge on any atom is -0.496 e. The number of hydrogen-bond acceptors (Lipinski definition) is 5. The fraction of sp³-hybridized carbons (Fsp3) is 0.379. The van der Waals surface area contributed by atoms with Gasteiger partial charge in [-0.05, 0) is 91.3 Å². The Labute approximate surface area is 210 Å². The highest BCUT2D eigenvalue weighted by Crippen LogP contribution is 2.42. The number of carbonyl (C=O) groups is 1. The predicted octanol–water partition coefficient (Wildman–Crippen LogP) is 5.26. The van der Waals surface area contributed by atoms with Crippen LogP contribution in [0.1, 0.15) is 59.7 Å². The number of nitrogens with one attached hydrogen (secondary N) is 1. The number of hydrogen-bond donors (Lipinski definition) is 2. The van der Waals surface area contributed by atoms with E-state index in [1.54, 1.807) is 7.11 Å². The number of nitrogen functional groups attached to an aromatic ring is 1. The van der Waals surface area contributed by atoms with E-state index in [-0.39, 0.29) is 7.33 Å². The van der Waals surface area contributed by atoms with Gasteiger partial charge in [-0.2, -0.15) is 0 Å². The summed E-state index contributed by atoms with van der Waals surface area (Å²) in [7, 11) is 3.69. The molecule has 0 atom stereocenters. The Bertz CT molecular complexity index is 1200. The van der Waals surface area contributed by atoms with E-state index in [1.807, 2.05) is 35.2 Å². The molecule has 1 aliphatic heterocycles. The van der Waals surface area contributed by atoms with Gasteiger partial charge in [0.15, 0.2) is 0 Å². The minimum atomic E-state index is 0. The highest BCUT2D eigenvalue weighted by molar-refractivity contribution is 6.00. The largest absolute Gasteiger partial charge is 0.496 e. The lowest BCUT2D eigenvalue weighted by atomic mass is 9.79. The maximum atomic E-state index is 13.2. The molecule has 0 saturated carbocycles. The third kappa shape index (κ3) is 4.89. The second-order valence-electron chi connectivity index (χ2n) is 9.56. The van der Waals surface area contributed by atoms with Crippen LogP contribution in [0.5, 0.6) is 5.75 Å². The van der Waals surface area contributed by atoms with Crippen LogP contribution < -0.4 is 10.5 Å². The van der Waals surface area contributed by atoms with Crippen LogP contribution in [-0.2, 0) is 0 Å².